The third-order valence-corrected chi connectivity index (χ3v) is 8.49. The molecule has 1 saturated heterocycles. The van der Waals surface area contributed by atoms with Crippen LogP contribution in [-0.4, -0.2) is 104 Å². The summed E-state index contributed by atoms with van der Waals surface area (Å²) in [6, 6.07) is 2.51. The topological polar surface area (TPSA) is 212 Å². The zero-order chi connectivity index (χ0) is 33.2. The number of halogens is 3. The Morgan fingerprint density at radius 2 is 1.82 bits per heavy atom. The van der Waals surface area contributed by atoms with Crippen LogP contribution >= 0.6 is 0 Å². The first-order valence-electron chi connectivity index (χ1n) is 13.8. The van der Waals surface area contributed by atoms with Crippen molar-refractivity contribution in [1.29, 1.82) is 0 Å². The van der Waals surface area contributed by atoms with Crippen LogP contribution in [-0.2, 0) is 20.7 Å². The number of aliphatic hydroxyl groups is 4. The molecule has 2 aromatic rings. The fourth-order valence-corrected chi connectivity index (χ4v) is 6.11. The number of rotatable bonds is 6. The van der Waals surface area contributed by atoms with E-state index in [1.807, 2.05) is 0 Å². The van der Waals surface area contributed by atoms with Gasteiger partial charge < -0.3 is 50.2 Å². The maximum absolute atomic E-state index is 13.7. The molecule has 0 spiro atoms. The number of phenolic OH excluding ortho intramolecular Hbond substituents is 2. The normalized spacial score (nSPS) is 28.5. The van der Waals surface area contributed by atoms with Gasteiger partial charge in [-0.3, -0.25) is 14.4 Å². The van der Waals surface area contributed by atoms with Gasteiger partial charge in [0.15, 0.2) is 12.1 Å². The third-order valence-electron chi connectivity index (χ3n) is 8.49. The summed E-state index contributed by atoms with van der Waals surface area (Å²) < 4.78 is 56.0. The lowest BCUT2D eigenvalue weighted by Crippen LogP contribution is -2.57. The second kappa shape index (κ2) is 11.5. The van der Waals surface area contributed by atoms with Crippen LogP contribution in [0.1, 0.15) is 68.8 Å². The molecule has 244 valence electrons. The molecule has 0 aromatic heterocycles. The minimum atomic E-state index is -5.31. The number of hydrogen-bond acceptors (Lipinski definition) is 12. The number of phenols is 2. The Morgan fingerprint density at radius 1 is 1.16 bits per heavy atom. The smallest absolute Gasteiger partial charge is 0.471 e. The monoisotopic (exact) mass is 641 g/mol. The predicted molar refractivity (Wildman–Crippen MR) is 143 cm³/mol. The number of amides is 1. The van der Waals surface area contributed by atoms with Crippen LogP contribution in [0.25, 0.3) is 0 Å². The first kappa shape index (κ1) is 32.6. The number of aliphatic hydroxyl groups excluding tert-OH is 3. The van der Waals surface area contributed by atoms with Crippen LogP contribution < -0.4 is 10.1 Å². The van der Waals surface area contributed by atoms with Crippen molar-refractivity contribution in [2.75, 3.05) is 13.7 Å². The van der Waals surface area contributed by atoms with Crippen molar-refractivity contribution in [1.82, 2.24) is 5.32 Å². The summed E-state index contributed by atoms with van der Waals surface area (Å²) in [5.41, 5.74) is -4.63. The van der Waals surface area contributed by atoms with Crippen LogP contribution in [0.4, 0.5) is 13.2 Å². The standard InChI is InChI=1S/C29H30F3NO12/c1-10-14(35)6-13(33-27(41)29(30,31)32)26(44-10)45-16-8-28(42,17(36)9-34)7-12-19(16)25(40)21-20(23(12)38)22(37)11-4-3-5-15(43-2)18(11)24(21)39/h3-5,10,13-14,16-17,26,34-36,38,40,42H,6-9H2,1-2H3,(H,33,41)/t10-,13+,14-,16?,17?,26-,28?/m0/s1. The molecule has 7 N–H and O–H groups in total. The molecule has 0 radical (unpaired) electrons. The Kier molecular flexibility index (Phi) is 8.35. The van der Waals surface area contributed by atoms with Gasteiger partial charge in [0.25, 0.3) is 0 Å². The summed E-state index contributed by atoms with van der Waals surface area (Å²) in [6.45, 7) is 0.381. The third kappa shape index (κ3) is 5.40. The highest BCUT2D eigenvalue weighted by atomic mass is 19.4. The number of ether oxygens (including phenoxy) is 3. The lowest BCUT2D eigenvalue weighted by molar-refractivity contribution is -0.260. The van der Waals surface area contributed by atoms with Gasteiger partial charge in [0.1, 0.15) is 23.4 Å². The number of hydrogen-bond donors (Lipinski definition) is 7. The van der Waals surface area contributed by atoms with E-state index in [0.29, 0.717) is 0 Å². The van der Waals surface area contributed by atoms with E-state index in [0.717, 1.165) is 0 Å². The molecule has 2 aromatic carbocycles. The summed E-state index contributed by atoms with van der Waals surface area (Å²) in [5.74, 6) is -5.88. The van der Waals surface area contributed by atoms with E-state index in [1.54, 1.807) is 5.32 Å². The molecule has 0 bridgehead atoms. The Hall–Kier alpha value is -3.80. The highest BCUT2D eigenvalue weighted by Gasteiger charge is 2.51. The van der Waals surface area contributed by atoms with E-state index < -0.39 is 114 Å². The quantitative estimate of drug-likeness (QED) is 0.184. The SMILES string of the molecule is COc1cccc2c1C(=O)c1c(O)c3c(c(O)c1C2=O)CC(O)(C(O)CO)CC3O[C@@H]1O[C@@H](C)[C@@H](O)C[C@H]1NC(=O)C(F)(F)F. The molecule has 5 rings (SSSR count). The van der Waals surface area contributed by atoms with Gasteiger partial charge in [-0.05, 0) is 13.0 Å². The van der Waals surface area contributed by atoms with Gasteiger partial charge in [0, 0.05) is 36.0 Å². The van der Waals surface area contributed by atoms with Gasteiger partial charge in [-0.2, -0.15) is 13.2 Å². The van der Waals surface area contributed by atoms with Crippen molar-refractivity contribution in [2.45, 2.75) is 74.7 Å². The van der Waals surface area contributed by atoms with Gasteiger partial charge >= 0.3 is 12.1 Å². The van der Waals surface area contributed by atoms with E-state index in [2.05, 4.69) is 0 Å². The average Bonchev–Trinajstić information content (AvgIpc) is 2.98. The first-order valence-corrected chi connectivity index (χ1v) is 13.8. The Balaban J connectivity index is 1.66. The van der Waals surface area contributed by atoms with Crippen LogP contribution in [0.5, 0.6) is 17.2 Å². The maximum atomic E-state index is 13.7. The van der Waals surface area contributed by atoms with Crippen molar-refractivity contribution in [3.8, 4) is 17.2 Å². The molecule has 2 aliphatic carbocycles. The predicted octanol–water partition coefficient (Wildman–Crippen LogP) is 0.513. The van der Waals surface area contributed by atoms with Crippen LogP contribution in [0, 0.1) is 0 Å². The number of benzene rings is 2. The number of alkyl halides is 3. The first-order chi connectivity index (χ1) is 21.0. The van der Waals surface area contributed by atoms with E-state index in [4.69, 9.17) is 14.2 Å². The molecular weight excluding hydrogens is 611 g/mol. The van der Waals surface area contributed by atoms with Crippen molar-refractivity contribution < 1.29 is 72.4 Å². The van der Waals surface area contributed by atoms with Crippen molar-refractivity contribution >= 4 is 17.5 Å². The molecule has 3 aliphatic rings. The number of carbonyl (C=O) groups excluding carboxylic acids is 3. The lowest BCUT2D eigenvalue weighted by Gasteiger charge is -2.45. The fraction of sp³-hybridized carbons (Fsp3) is 0.483. The molecule has 3 unspecified atom stereocenters. The summed E-state index contributed by atoms with van der Waals surface area (Å²) in [4.78, 5) is 39.1. The Labute approximate surface area is 252 Å². The van der Waals surface area contributed by atoms with Crippen molar-refractivity contribution in [2.24, 2.45) is 0 Å². The van der Waals surface area contributed by atoms with Crippen LogP contribution in [0.3, 0.4) is 0 Å². The maximum Gasteiger partial charge on any atom is 0.471 e. The van der Waals surface area contributed by atoms with E-state index in [1.165, 1.54) is 32.2 Å². The highest BCUT2D eigenvalue weighted by molar-refractivity contribution is 6.31. The minimum Gasteiger partial charge on any atom is -0.507 e. The lowest BCUT2D eigenvalue weighted by atomic mass is 9.71. The molecule has 1 amide bonds. The van der Waals surface area contributed by atoms with Gasteiger partial charge in [-0.1, -0.05) is 12.1 Å². The van der Waals surface area contributed by atoms with Crippen molar-refractivity contribution in [3.63, 3.8) is 0 Å². The summed E-state index contributed by atoms with van der Waals surface area (Å²) in [5, 5.41) is 66.5. The molecule has 1 fully saturated rings. The largest absolute Gasteiger partial charge is 0.507 e. The average molecular weight is 642 g/mol. The Morgan fingerprint density at radius 3 is 2.44 bits per heavy atom. The fourth-order valence-electron chi connectivity index (χ4n) is 6.11. The molecular formula is C29H30F3NO12. The zero-order valence-electron chi connectivity index (χ0n) is 23.8. The molecule has 45 heavy (non-hydrogen) atoms. The van der Waals surface area contributed by atoms with Gasteiger partial charge in [-0.15, -0.1) is 0 Å². The molecule has 7 atom stereocenters. The molecule has 1 heterocycles. The minimum absolute atomic E-state index is 0.00671. The van der Waals surface area contributed by atoms with E-state index in [-0.39, 0.29) is 28.0 Å². The van der Waals surface area contributed by atoms with Gasteiger partial charge in [0.05, 0.1) is 60.4 Å². The van der Waals surface area contributed by atoms with Crippen molar-refractivity contribution in [3.05, 3.63) is 51.6 Å². The number of methoxy groups -OCH3 is 1. The van der Waals surface area contributed by atoms with E-state index >= 15 is 0 Å². The highest BCUT2D eigenvalue weighted by Crippen LogP contribution is 2.53. The van der Waals surface area contributed by atoms with Crippen LogP contribution in [0.2, 0.25) is 0 Å². The van der Waals surface area contributed by atoms with Crippen LogP contribution in [0.15, 0.2) is 18.2 Å². The van der Waals surface area contributed by atoms with Gasteiger partial charge in [-0.25, -0.2) is 0 Å². The molecule has 16 heteroatoms. The summed E-state index contributed by atoms with van der Waals surface area (Å²) in [7, 11) is 1.25. The summed E-state index contributed by atoms with van der Waals surface area (Å²) in [6.07, 6.45) is -14.8. The number of ketones is 2. The molecule has 1 aliphatic heterocycles. The molecule has 13 nitrogen and oxygen atoms in total. The second-order valence-corrected chi connectivity index (χ2v) is 11.3. The summed E-state index contributed by atoms with van der Waals surface area (Å²) >= 11 is 0. The van der Waals surface area contributed by atoms with Gasteiger partial charge in [0.2, 0.25) is 5.78 Å². The number of aromatic hydroxyl groups is 2. The number of nitrogens with one attached hydrogen (secondary N) is 1. The zero-order valence-corrected chi connectivity index (χ0v) is 23.8. The van der Waals surface area contributed by atoms with E-state index in [9.17, 15) is 58.2 Å². The number of fused-ring (bicyclic) bond motifs is 3. The number of carbonyl (C=O) groups is 3. The Bertz CT molecular complexity index is 1560. The second-order valence-electron chi connectivity index (χ2n) is 11.3. The molecule has 0 saturated carbocycles.